The first-order valence-corrected chi connectivity index (χ1v) is 11.2. The summed E-state index contributed by atoms with van der Waals surface area (Å²) in [5, 5.41) is 3.73. The third-order valence-corrected chi connectivity index (χ3v) is 5.91. The zero-order valence-electron chi connectivity index (χ0n) is 18.2. The largest absolute Gasteiger partial charge is 0.478 e. The topological polar surface area (TPSA) is 38.3 Å². The Morgan fingerprint density at radius 3 is 2.31 bits per heavy atom. The SMILES string of the molecule is CC(NC(=O)C(C)(C)Oc1ccc(F)c(Cl)c1)C(Cc1ccc(Cl)cc1)c1ccccc1. The number of amides is 1. The lowest BCUT2D eigenvalue weighted by Gasteiger charge is -2.31. The molecule has 0 saturated heterocycles. The number of halogens is 3. The molecule has 32 heavy (non-hydrogen) atoms. The van der Waals surface area contributed by atoms with Crippen LogP contribution in [0, 0.1) is 5.82 Å². The van der Waals surface area contributed by atoms with Crippen LogP contribution in [0.15, 0.2) is 72.8 Å². The average Bonchev–Trinajstić information content (AvgIpc) is 2.76. The Morgan fingerprint density at radius 2 is 1.69 bits per heavy atom. The Labute approximate surface area is 198 Å². The third kappa shape index (κ3) is 6.24. The van der Waals surface area contributed by atoms with E-state index < -0.39 is 11.4 Å². The Bertz CT molecular complexity index is 1060. The summed E-state index contributed by atoms with van der Waals surface area (Å²) in [5.74, 6) is -0.451. The summed E-state index contributed by atoms with van der Waals surface area (Å²) in [6, 6.07) is 21.7. The number of ether oxygens (including phenoxy) is 1. The normalized spacial score (nSPS) is 13.3. The first-order chi connectivity index (χ1) is 15.2. The van der Waals surface area contributed by atoms with Gasteiger partial charge in [-0.25, -0.2) is 4.39 Å². The summed E-state index contributed by atoms with van der Waals surface area (Å²) in [5.41, 5.74) is 1.07. The molecule has 3 aromatic rings. The highest BCUT2D eigenvalue weighted by atomic mass is 35.5. The summed E-state index contributed by atoms with van der Waals surface area (Å²) >= 11 is 11.9. The van der Waals surface area contributed by atoms with Gasteiger partial charge in [0.25, 0.3) is 5.91 Å². The van der Waals surface area contributed by atoms with E-state index in [4.69, 9.17) is 27.9 Å². The summed E-state index contributed by atoms with van der Waals surface area (Å²) in [6.45, 7) is 5.32. The number of benzene rings is 3. The van der Waals surface area contributed by atoms with Crippen LogP contribution in [-0.4, -0.2) is 17.6 Å². The molecule has 3 nitrogen and oxygen atoms in total. The van der Waals surface area contributed by atoms with E-state index in [2.05, 4.69) is 17.4 Å². The highest BCUT2D eigenvalue weighted by Crippen LogP contribution is 2.28. The zero-order valence-corrected chi connectivity index (χ0v) is 19.8. The molecule has 0 heterocycles. The third-order valence-electron chi connectivity index (χ3n) is 5.37. The minimum atomic E-state index is -1.18. The van der Waals surface area contributed by atoms with Crippen molar-refractivity contribution in [3.8, 4) is 5.75 Å². The van der Waals surface area contributed by atoms with Gasteiger partial charge in [0.2, 0.25) is 0 Å². The van der Waals surface area contributed by atoms with Crippen molar-refractivity contribution in [2.24, 2.45) is 0 Å². The number of hydrogen-bond acceptors (Lipinski definition) is 2. The van der Waals surface area contributed by atoms with Crippen molar-refractivity contribution in [2.45, 2.75) is 44.8 Å². The maximum absolute atomic E-state index is 13.4. The van der Waals surface area contributed by atoms with E-state index in [1.807, 2.05) is 49.4 Å². The molecule has 1 N–H and O–H groups in total. The molecule has 0 aliphatic rings. The van der Waals surface area contributed by atoms with Gasteiger partial charge in [-0.15, -0.1) is 0 Å². The predicted octanol–water partition coefficient (Wildman–Crippen LogP) is 6.82. The zero-order chi connectivity index (χ0) is 23.3. The average molecular weight is 474 g/mol. The molecule has 2 unspecified atom stereocenters. The van der Waals surface area contributed by atoms with Crippen molar-refractivity contribution in [3.05, 3.63) is 99.8 Å². The second-order valence-electron chi connectivity index (χ2n) is 8.30. The maximum Gasteiger partial charge on any atom is 0.263 e. The minimum Gasteiger partial charge on any atom is -0.478 e. The molecule has 0 spiro atoms. The van der Waals surface area contributed by atoms with Crippen LogP contribution in [0.2, 0.25) is 10.0 Å². The highest BCUT2D eigenvalue weighted by molar-refractivity contribution is 6.31. The smallest absolute Gasteiger partial charge is 0.263 e. The molecule has 168 valence electrons. The minimum absolute atomic E-state index is 0.0393. The molecule has 0 aromatic heterocycles. The Kier molecular flexibility index (Phi) is 7.81. The van der Waals surface area contributed by atoms with Gasteiger partial charge in [0, 0.05) is 23.0 Å². The first-order valence-electron chi connectivity index (χ1n) is 10.4. The van der Waals surface area contributed by atoms with Gasteiger partial charge in [-0.05, 0) is 62.6 Å². The fraction of sp³-hybridized carbons (Fsp3) is 0.269. The molecule has 3 rings (SSSR count). The van der Waals surface area contributed by atoms with E-state index in [0.717, 1.165) is 17.5 Å². The molecule has 2 atom stereocenters. The van der Waals surface area contributed by atoms with E-state index in [-0.39, 0.29) is 22.9 Å². The molecule has 0 fully saturated rings. The van der Waals surface area contributed by atoms with E-state index in [9.17, 15) is 9.18 Å². The van der Waals surface area contributed by atoms with Crippen LogP contribution in [0.5, 0.6) is 5.75 Å². The lowest BCUT2D eigenvalue weighted by Crippen LogP contribution is -2.51. The van der Waals surface area contributed by atoms with Gasteiger partial charge in [-0.1, -0.05) is 65.7 Å². The second kappa shape index (κ2) is 10.4. The fourth-order valence-electron chi connectivity index (χ4n) is 3.52. The molecule has 6 heteroatoms. The monoisotopic (exact) mass is 473 g/mol. The number of carbonyl (C=O) groups is 1. The summed E-state index contributed by atoms with van der Waals surface area (Å²) < 4.78 is 19.3. The molecule has 0 bridgehead atoms. The maximum atomic E-state index is 13.4. The number of carbonyl (C=O) groups excluding carboxylic acids is 1. The van der Waals surface area contributed by atoms with Crippen LogP contribution in [0.25, 0.3) is 0 Å². The van der Waals surface area contributed by atoms with E-state index in [1.54, 1.807) is 13.8 Å². The van der Waals surface area contributed by atoms with Crippen molar-refractivity contribution in [3.63, 3.8) is 0 Å². The van der Waals surface area contributed by atoms with E-state index in [0.29, 0.717) is 10.8 Å². The first kappa shape index (κ1) is 24.1. The van der Waals surface area contributed by atoms with Gasteiger partial charge in [0.15, 0.2) is 5.60 Å². The quantitative estimate of drug-likeness (QED) is 0.389. The molecule has 0 aliphatic heterocycles. The lowest BCUT2D eigenvalue weighted by molar-refractivity contribution is -0.135. The molecule has 0 aliphatic carbocycles. The van der Waals surface area contributed by atoms with Crippen LogP contribution in [0.3, 0.4) is 0 Å². The predicted molar refractivity (Wildman–Crippen MR) is 128 cm³/mol. The van der Waals surface area contributed by atoms with Gasteiger partial charge >= 0.3 is 0 Å². The number of nitrogens with one attached hydrogen (secondary N) is 1. The van der Waals surface area contributed by atoms with Gasteiger partial charge in [-0.3, -0.25) is 4.79 Å². The molecular weight excluding hydrogens is 448 g/mol. The van der Waals surface area contributed by atoms with Gasteiger partial charge in [-0.2, -0.15) is 0 Å². The van der Waals surface area contributed by atoms with Crippen LogP contribution in [0.4, 0.5) is 4.39 Å². The lowest BCUT2D eigenvalue weighted by atomic mass is 9.86. The van der Waals surface area contributed by atoms with Crippen molar-refractivity contribution in [2.75, 3.05) is 0 Å². The van der Waals surface area contributed by atoms with Gasteiger partial charge in [0.05, 0.1) is 5.02 Å². The molecule has 3 aromatic carbocycles. The summed E-state index contributed by atoms with van der Waals surface area (Å²) in [7, 11) is 0. The fourth-order valence-corrected chi connectivity index (χ4v) is 3.82. The standard InChI is InChI=1S/C26H26Cl2FNO2/c1-17(30-25(31)26(2,3)32-21-13-14-24(29)23(28)16-21)22(19-7-5-4-6-8-19)15-18-9-11-20(27)12-10-18/h4-14,16-17,22H,15H2,1-3H3,(H,30,31). The van der Waals surface area contributed by atoms with E-state index >= 15 is 0 Å². The van der Waals surface area contributed by atoms with Crippen LogP contribution < -0.4 is 10.1 Å². The molecule has 0 saturated carbocycles. The number of hydrogen-bond donors (Lipinski definition) is 1. The number of rotatable bonds is 8. The van der Waals surface area contributed by atoms with E-state index in [1.165, 1.54) is 18.2 Å². The van der Waals surface area contributed by atoms with Crippen LogP contribution in [-0.2, 0) is 11.2 Å². The Balaban J connectivity index is 1.76. The van der Waals surface area contributed by atoms with Crippen molar-refractivity contribution < 1.29 is 13.9 Å². The van der Waals surface area contributed by atoms with Gasteiger partial charge in [0.1, 0.15) is 11.6 Å². The molecule has 0 radical (unpaired) electrons. The van der Waals surface area contributed by atoms with Crippen LogP contribution >= 0.6 is 23.2 Å². The highest BCUT2D eigenvalue weighted by Gasteiger charge is 2.33. The Morgan fingerprint density at radius 1 is 1.03 bits per heavy atom. The van der Waals surface area contributed by atoms with Crippen molar-refractivity contribution in [1.82, 2.24) is 5.32 Å². The van der Waals surface area contributed by atoms with Gasteiger partial charge < -0.3 is 10.1 Å². The second-order valence-corrected chi connectivity index (χ2v) is 9.14. The van der Waals surface area contributed by atoms with Crippen LogP contribution in [0.1, 0.15) is 37.8 Å². The van der Waals surface area contributed by atoms with Crippen molar-refractivity contribution in [1.29, 1.82) is 0 Å². The molecular formula is C26H26Cl2FNO2. The Hall–Kier alpha value is -2.56. The summed E-state index contributed by atoms with van der Waals surface area (Å²) in [6.07, 6.45) is 0.734. The van der Waals surface area contributed by atoms with Crippen molar-refractivity contribution >= 4 is 29.1 Å². The summed E-state index contributed by atoms with van der Waals surface area (Å²) in [4.78, 5) is 13.1. The molecule has 1 amide bonds.